The van der Waals surface area contributed by atoms with Crippen molar-refractivity contribution in [2.45, 2.75) is 25.2 Å². The second-order valence-corrected chi connectivity index (χ2v) is 5.10. The molecular weight excluding hydrogens is 240 g/mol. The SMILES string of the molecule is CNc1nc(C)cc2cc(C3(C(N)=O)CC3)ncc12. The first-order chi connectivity index (χ1) is 9.06. The van der Waals surface area contributed by atoms with Crippen LogP contribution in [0.25, 0.3) is 10.8 Å². The molecular formula is C14H16N4O. The average Bonchev–Trinajstić information content (AvgIpc) is 3.18. The van der Waals surface area contributed by atoms with Crippen LogP contribution in [0.2, 0.25) is 0 Å². The van der Waals surface area contributed by atoms with Crippen molar-refractivity contribution in [2.75, 3.05) is 12.4 Å². The Balaban J connectivity index is 2.19. The highest BCUT2D eigenvalue weighted by Crippen LogP contribution is 2.47. The van der Waals surface area contributed by atoms with Crippen LogP contribution in [0.5, 0.6) is 0 Å². The number of primary amides is 1. The molecule has 3 N–H and O–H groups in total. The van der Waals surface area contributed by atoms with E-state index < -0.39 is 5.41 Å². The molecule has 5 heteroatoms. The number of amides is 1. The van der Waals surface area contributed by atoms with Crippen LogP contribution < -0.4 is 11.1 Å². The molecule has 1 aliphatic carbocycles. The van der Waals surface area contributed by atoms with Crippen LogP contribution in [0.15, 0.2) is 18.3 Å². The predicted molar refractivity (Wildman–Crippen MR) is 73.9 cm³/mol. The number of carbonyl (C=O) groups excluding carboxylic acids is 1. The number of anilines is 1. The van der Waals surface area contributed by atoms with Gasteiger partial charge in [0.25, 0.3) is 0 Å². The molecule has 1 amide bonds. The van der Waals surface area contributed by atoms with Crippen molar-refractivity contribution in [3.05, 3.63) is 29.7 Å². The molecule has 0 saturated heterocycles. The van der Waals surface area contributed by atoms with Crippen LogP contribution in [0.3, 0.4) is 0 Å². The van der Waals surface area contributed by atoms with Gasteiger partial charge in [0.15, 0.2) is 0 Å². The van der Waals surface area contributed by atoms with Gasteiger partial charge >= 0.3 is 0 Å². The third kappa shape index (κ3) is 1.73. The normalized spacial score (nSPS) is 16.3. The van der Waals surface area contributed by atoms with Crippen LogP contribution in [-0.4, -0.2) is 22.9 Å². The van der Waals surface area contributed by atoms with Gasteiger partial charge in [0.05, 0.1) is 11.1 Å². The summed E-state index contributed by atoms with van der Waals surface area (Å²) in [7, 11) is 1.83. The van der Waals surface area contributed by atoms with Crippen molar-refractivity contribution in [2.24, 2.45) is 5.73 Å². The Bertz CT molecular complexity index is 676. The van der Waals surface area contributed by atoms with Gasteiger partial charge in [-0.2, -0.15) is 0 Å². The molecule has 5 nitrogen and oxygen atoms in total. The number of hydrogen-bond acceptors (Lipinski definition) is 4. The quantitative estimate of drug-likeness (QED) is 0.872. The number of rotatable bonds is 3. The highest BCUT2D eigenvalue weighted by Gasteiger charge is 2.51. The maximum atomic E-state index is 11.6. The lowest BCUT2D eigenvalue weighted by molar-refractivity contribution is -0.120. The smallest absolute Gasteiger partial charge is 0.229 e. The molecule has 0 radical (unpaired) electrons. The summed E-state index contributed by atoms with van der Waals surface area (Å²) < 4.78 is 0. The van der Waals surface area contributed by atoms with E-state index in [-0.39, 0.29) is 5.91 Å². The van der Waals surface area contributed by atoms with E-state index in [9.17, 15) is 4.79 Å². The first-order valence-corrected chi connectivity index (χ1v) is 6.32. The van der Waals surface area contributed by atoms with E-state index in [1.807, 2.05) is 26.1 Å². The summed E-state index contributed by atoms with van der Waals surface area (Å²) in [6.07, 6.45) is 3.36. The van der Waals surface area contributed by atoms with Crippen molar-refractivity contribution in [1.82, 2.24) is 9.97 Å². The predicted octanol–water partition coefficient (Wildman–Crippen LogP) is 1.50. The summed E-state index contributed by atoms with van der Waals surface area (Å²) in [5.74, 6) is 0.525. The molecule has 2 aromatic heterocycles. The second kappa shape index (κ2) is 3.91. The maximum Gasteiger partial charge on any atom is 0.229 e. The molecule has 1 saturated carbocycles. The molecule has 0 aliphatic heterocycles. The minimum Gasteiger partial charge on any atom is -0.373 e. The van der Waals surface area contributed by atoms with Crippen molar-refractivity contribution >= 4 is 22.5 Å². The minimum absolute atomic E-state index is 0.279. The number of fused-ring (bicyclic) bond motifs is 1. The summed E-state index contributed by atoms with van der Waals surface area (Å²) in [4.78, 5) is 20.4. The fourth-order valence-electron chi connectivity index (χ4n) is 2.49. The molecule has 0 unspecified atom stereocenters. The zero-order chi connectivity index (χ0) is 13.6. The van der Waals surface area contributed by atoms with E-state index in [1.165, 1.54) is 0 Å². The van der Waals surface area contributed by atoms with E-state index in [4.69, 9.17) is 5.73 Å². The number of nitrogens with zero attached hydrogens (tertiary/aromatic N) is 2. The number of nitrogens with one attached hydrogen (secondary N) is 1. The number of carbonyl (C=O) groups is 1. The lowest BCUT2D eigenvalue weighted by Crippen LogP contribution is -2.29. The van der Waals surface area contributed by atoms with Crippen LogP contribution in [0.1, 0.15) is 24.2 Å². The molecule has 0 aromatic carbocycles. The van der Waals surface area contributed by atoms with Gasteiger partial charge < -0.3 is 11.1 Å². The molecule has 1 aliphatic rings. The molecule has 19 heavy (non-hydrogen) atoms. The number of hydrogen-bond donors (Lipinski definition) is 2. The second-order valence-electron chi connectivity index (χ2n) is 5.10. The first kappa shape index (κ1) is 11.9. The third-order valence-corrected chi connectivity index (χ3v) is 3.79. The molecule has 3 rings (SSSR count). The maximum absolute atomic E-state index is 11.6. The van der Waals surface area contributed by atoms with Gasteiger partial charge in [-0.15, -0.1) is 0 Å². The lowest BCUT2D eigenvalue weighted by atomic mass is 9.99. The summed E-state index contributed by atoms with van der Waals surface area (Å²) in [6.45, 7) is 1.95. The van der Waals surface area contributed by atoms with E-state index in [1.54, 1.807) is 6.20 Å². The fourth-order valence-corrected chi connectivity index (χ4v) is 2.49. The van der Waals surface area contributed by atoms with Crippen molar-refractivity contribution < 1.29 is 4.79 Å². The van der Waals surface area contributed by atoms with Gasteiger partial charge in [-0.25, -0.2) is 4.98 Å². The number of aromatic nitrogens is 2. The molecule has 0 bridgehead atoms. The standard InChI is InChI=1S/C14H16N4O/c1-8-5-9-6-11(14(3-4-14)13(15)19)17-7-10(9)12(16-2)18-8/h5-7H,3-4H2,1-2H3,(H2,15,19)(H,16,18). The molecule has 98 valence electrons. The molecule has 2 heterocycles. The fraction of sp³-hybridized carbons (Fsp3) is 0.357. The minimum atomic E-state index is -0.537. The van der Waals surface area contributed by atoms with Gasteiger partial charge in [-0.3, -0.25) is 9.78 Å². The Morgan fingerprint density at radius 3 is 2.74 bits per heavy atom. The van der Waals surface area contributed by atoms with Crippen LogP contribution in [0.4, 0.5) is 5.82 Å². The number of pyridine rings is 2. The Morgan fingerprint density at radius 2 is 2.16 bits per heavy atom. The number of nitrogens with two attached hydrogens (primary N) is 1. The zero-order valence-electron chi connectivity index (χ0n) is 11.0. The van der Waals surface area contributed by atoms with Gasteiger partial charge in [0.2, 0.25) is 5.91 Å². The largest absolute Gasteiger partial charge is 0.373 e. The average molecular weight is 256 g/mol. The van der Waals surface area contributed by atoms with Gasteiger partial charge in [0, 0.05) is 24.3 Å². The Kier molecular flexibility index (Phi) is 2.45. The Morgan fingerprint density at radius 1 is 1.42 bits per heavy atom. The first-order valence-electron chi connectivity index (χ1n) is 6.32. The lowest BCUT2D eigenvalue weighted by Gasteiger charge is -2.12. The highest BCUT2D eigenvalue weighted by molar-refractivity contribution is 5.94. The summed E-state index contributed by atoms with van der Waals surface area (Å²) in [5.41, 5.74) is 6.66. The van der Waals surface area contributed by atoms with Crippen molar-refractivity contribution in [3.63, 3.8) is 0 Å². The van der Waals surface area contributed by atoms with E-state index in [0.29, 0.717) is 0 Å². The molecule has 2 aromatic rings. The van der Waals surface area contributed by atoms with Crippen LogP contribution >= 0.6 is 0 Å². The van der Waals surface area contributed by atoms with Gasteiger partial charge in [-0.1, -0.05) is 0 Å². The number of aryl methyl sites for hydroxylation is 1. The van der Waals surface area contributed by atoms with Crippen LogP contribution in [0, 0.1) is 6.92 Å². The summed E-state index contributed by atoms with van der Waals surface area (Å²) >= 11 is 0. The topological polar surface area (TPSA) is 80.9 Å². The molecule has 0 atom stereocenters. The zero-order valence-corrected chi connectivity index (χ0v) is 11.0. The van der Waals surface area contributed by atoms with Crippen LogP contribution in [-0.2, 0) is 10.2 Å². The third-order valence-electron chi connectivity index (χ3n) is 3.79. The van der Waals surface area contributed by atoms with E-state index in [2.05, 4.69) is 15.3 Å². The monoisotopic (exact) mass is 256 g/mol. The van der Waals surface area contributed by atoms with E-state index >= 15 is 0 Å². The summed E-state index contributed by atoms with van der Waals surface area (Å²) in [5, 5.41) is 5.06. The van der Waals surface area contributed by atoms with Crippen molar-refractivity contribution in [3.8, 4) is 0 Å². The molecule has 0 spiro atoms. The Labute approximate surface area is 111 Å². The molecule has 1 fully saturated rings. The van der Waals surface area contributed by atoms with E-state index in [0.717, 1.165) is 40.8 Å². The van der Waals surface area contributed by atoms with Gasteiger partial charge in [-0.05, 0) is 37.3 Å². The Hall–Kier alpha value is -2.17. The van der Waals surface area contributed by atoms with Gasteiger partial charge in [0.1, 0.15) is 5.82 Å². The highest BCUT2D eigenvalue weighted by atomic mass is 16.1. The summed E-state index contributed by atoms with van der Waals surface area (Å²) in [6, 6.07) is 3.96. The van der Waals surface area contributed by atoms with Crippen molar-refractivity contribution in [1.29, 1.82) is 0 Å².